The number of nitrogens with zero attached hydrogens (tertiary/aromatic N) is 2. The van der Waals surface area contributed by atoms with Crippen LogP contribution in [0.2, 0.25) is 0 Å². The molecule has 1 amide bonds. The third-order valence-corrected chi connectivity index (χ3v) is 3.85. The molecule has 0 spiro atoms. The van der Waals surface area contributed by atoms with Gasteiger partial charge < -0.3 is 15.5 Å². The average Bonchev–Trinajstić information content (AvgIpc) is 2.38. The lowest BCUT2D eigenvalue weighted by Gasteiger charge is -2.36. The Labute approximate surface area is 115 Å². The summed E-state index contributed by atoms with van der Waals surface area (Å²) in [6, 6.07) is 7.90. The number of piperidine rings is 1. The first-order valence-corrected chi connectivity index (χ1v) is 6.85. The predicted molar refractivity (Wildman–Crippen MR) is 77.8 cm³/mol. The predicted octanol–water partition coefficient (Wildman–Crippen LogP) is 1.36. The Bertz CT molecular complexity index is 447. The number of likely N-dealkylation sites (N-methyl/N-ethyl adjacent to an activating group) is 2. The minimum absolute atomic E-state index is 0.172. The molecule has 19 heavy (non-hydrogen) atoms. The first kappa shape index (κ1) is 13.9. The number of hydrogen-bond acceptors (Lipinski definition) is 3. The van der Waals surface area contributed by atoms with Crippen LogP contribution in [0.25, 0.3) is 0 Å². The summed E-state index contributed by atoms with van der Waals surface area (Å²) in [6.45, 7) is 2.10. The molecule has 4 heteroatoms. The summed E-state index contributed by atoms with van der Waals surface area (Å²) < 4.78 is 0. The Morgan fingerprint density at radius 2 is 2.32 bits per heavy atom. The van der Waals surface area contributed by atoms with E-state index in [9.17, 15) is 4.79 Å². The number of carbonyl (C=O) groups is 1. The third-order valence-electron chi connectivity index (χ3n) is 3.85. The van der Waals surface area contributed by atoms with Gasteiger partial charge in [-0.05, 0) is 44.1 Å². The van der Waals surface area contributed by atoms with Crippen molar-refractivity contribution in [2.75, 3.05) is 32.9 Å². The van der Waals surface area contributed by atoms with Gasteiger partial charge >= 0.3 is 0 Å². The number of likely N-dealkylation sites (tertiary alicyclic amines) is 1. The van der Waals surface area contributed by atoms with Crippen molar-refractivity contribution in [3.8, 4) is 0 Å². The highest BCUT2D eigenvalue weighted by Gasteiger charge is 2.24. The molecule has 0 aromatic heterocycles. The molecule has 1 heterocycles. The maximum absolute atomic E-state index is 12.3. The Hall–Kier alpha value is -1.55. The van der Waals surface area contributed by atoms with Gasteiger partial charge in [0.1, 0.15) is 0 Å². The first-order valence-electron chi connectivity index (χ1n) is 6.85. The highest BCUT2D eigenvalue weighted by atomic mass is 16.2. The number of nitrogen functional groups attached to an aromatic ring is 1. The molecule has 0 radical (unpaired) electrons. The zero-order valence-corrected chi connectivity index (χ0v) is 11.8. The van der Waals surface area contributed by atoms with Crippen molar-refractivity contribution >= 4 is 11.6 Å². The molecule has 1 unspecified atom stereocenters. The summed E-state index contributed by atoms with van der Waals surface area (Å²) in [5, 5.41) is 0. The van der Waals surface area contributed by atoms with Gasteiger partial charge in [-0.3, -0.25) is 4.79 Å². The smallest absolute Gasteiger partial charge is 0.227 e. The zero-order valence-electron chi connectivity index (χ0n) is 11.8. The van der Waals surface area contributed by atoms with E-state index in [1.165, 1.54) is 0 Å². The number of anilines is 1. The Balaban J connectivity index is 1.95. The van der Waals surface area contributed by atoms with Gasteiger partial charge in [0.2, 0.25) is 5.91 Å². The molecule has 1 saturated heterocycles. The van der Waals surface area contributed by atoms with Crippen molar-refractivity contribution in [3.63, 3.8) is 0 Å². The van der Waals surface area contributed by atoms with E-state index in [4.69, 9.17) is 5.73 Å². The molecular formula is C15H23N3O. The monoisotopic (exact) mass is 261 g/mol. The summed E-state index contributed by atoms with van der Waals surface area (Å²) in [4.78, 5) is 16.5. The normalized spacial score (nSPS) is 20.2. The summed E-state index contributed by atoms with van der Waals surface area (Å²) in [6.07, 6.45) is 2.70. The fourth-order valence-corrected chi connectivity index (χ4v) is 2.66. The van der Waals surface area contributed by atoms with Gasteiger partial charge in [-0.15, -0.1) is 0 Å². The van der Waals surface area contributed by atoms with Crippen LogP contribution >= 0.6 is 0 Å². The van der Waals surface area contributed by atoms with Gasteiger partial charge in [0.15, 0.2) is 0 Å². The lowest BCUT2D eigenvalue weighted by Crippen LogP contribution is -2.47. The molecule has 1 aliphatic heterocycles. The molecule has 1 aromatic rings. The zero-order chi connectivity index (χ0) is 13.8. The van der Waals surface area contributed by atoms with Crippen LogP contribution in [0.5, 0.6) is 0 Å². The number of benzene rings is 1. The topological polar surface area (TPSA) is 49.6 Å². The second kappa shape index (κ2) is 6.06. The van der Waals surface area contributed by atoms with E-state index in [1.807, 2.05) is 36.2 Å². The van der Waals surface area contributed by atoms with Crippen LogP contribution in [0, 0.1) is 0 Å². The number of nitrogens with two attached hydrogens (primary N) is 1. The Kier molecular flexibility index (Phi) is 4.43. The van der Waals surface area contributed by atoms with E-state index in [1.54, 1.807) is 0 Å². The molecule has 104 valence electrons. The van der Waals surface area contributed by atoms with Crippen LogP contribution in [-0.4, -0.2) is 48.9 Å². The molecule has 0 bridgehead atoms. The van der Waals surface area contributed by atoms with E-state index in [0.717, 1.165) is 31.5 Å². The molecule has 1 fully saturated rings. The third kappa shape index (κ3) is 3.70. The van der Waals surface area contributed by atoms with E-state index < -0.39 is 0 Å². The fourth-order valence-electron chi connectivity index (χ4n) is 2.66. The number of hydrogen-bond donors (Lipinski definition) is 1. The van der Waals surface area contributed by atoms with Gasteiger partial charge in [0.25, 0.3) is 0 Å². The summed E-state index contributed by atoms with van der Waals surface area (Å²) >= 11 is 0. The molecule has 0 saturated carbocycles. The van der Waals surface area contributed by atoms with Crippen LogP contribution in [-0.2, 0) is 11.2 Å². The van der Waals surface area contributed by atoms with Crippen LogP contribution < -0.4 is 5.73 Å². The highest BCUT2D eigenvalue weighted by molar-refractivity contribution is 5.79. The number of rotatable bonds is 3. The van der Waals surface area contributed by atoms with Crippen molar-refractivity contribution in [1.82, 2.24) is 9.80 Å². The average molecular weight is 261 g/mol. The summed E-state index contributed by atoms with van der Waals surface area (Å²) in [7, 11) is 4.03. The van der Waals surface area contributed by atoms with Crippen molar-refractivity contribution in [1.29, 1.82) is 0 Å². The van der Waals surface area contributed by atoms with Gasteiger partial charge in [0.05, 0.1) is 6.42 Å². The van der Waals surface area contributed by atoms with Crippen molar-refractivity contribution in [3.05, 3.63) is 29.8 Å². The lowest BCUT2D eigenvalue weighted by atomic mass is 10.0. The van der Waals surface area contributed by atoms with Crippen LogP contribution in [0.15, 0.2) is 24.3 Å². The molecule has 1 aliphatic rings. The Morgan fingerprint density at radius 1 is 1.53 bits per heavy atom. The van der Waals surface area contributed by atoms with Gasteiger partial charge in [-0.1, -0.05) is 12.1 Å². The summed E-state index contributed by atoms with van der Waals surface area (Å²) in [5.74, 6) is 0.172. The molecule has 1 aromatic carbocycles. The van der Waals surface area contributed by atoms with Crippen molar-refractivity contribution in [2.24, 2.45) is 0 Å². The van der Waals surface area contributed by atoms with E-state index in [2.05, 4.69) is 11.9 Å². The fraction of sp³-hybridized carbons (Fsp3) is 0.533. The Morgan fingerprint density at radius 3 is 3.00 bits per heavy atom. The first-order chi connectivity index (χ1) is 9.06. The second-order valence-electron chi connectivity index (χ2n) is 5.48. The minimum Gasteiger partial charge on any atom is -0.399 e. The number of amides is 1. The lowest BCUT2D eigenvalue weighted by molar-refractivity contribution is -0.132. The van der Waals surface area contributed by atoms with E-state index >= 15 is 0 Å². The van der Waals surface area contributed by atoms with Gasteiger partial charge in [-0.25, -0.2) is 0 Å². The number of carbonyl (C=O) groups excluding carboxylic acids is 1. The molecule has 0 aliphatic carbocycles. The van der Waals surface area contributed by atoms with Gasteiger partial charge in [0, 0.05) is 25.3 Å². The molecule has 2 rings (SSSR count). The SMILES string of the molecule is CN1CCCC(N(C)C(=O)Cc2cccc(N)c2)C1. The van der Waals surface area contributed by atoms with E-state index in [-0.39, 0.29) is 5.91 Å². The van der Waals surface area contributed by atoms with Crippen LogP contribution in [0.4, 0.5) is 5.69 Å². The molecule has 2 N–H and O–H groups in total. The molecule has 4 nitrogen and oxygen atoms in total. The minimum atomic E-state index is 0.172. The van der Waals surface area contributed by atoms with Crippen molar-refractivity contribution < 1.29 is 4.79 Å². The molecular weight excluding hydrogens is 238 g/mol. The van der Waals surface area contributed by atoms with E-state index in [0.29, 0.717) is 18.2 Å². The maximum atomic E-state index is 12.3. The standard InChI is InChI=1S/C15H23N3O/c1-17-8-4-7-14(11-17)18(2)15(19)10-12-5-3-6-13(16)9-12/h3,5-6,9,14H,4,7-8,10-11,16H2,1-2H3. The molecule has 1 atom stereocenters. The largest absolute Gasteiger partial charge is 0.399 e. The highest BCUT2D eigenvalue weighted by Crippen LogP contribution is 2.15. The van der Waals surface area contributed by atoms with Crippen LogP contribution in [0.1, 0.15) is 18.4 Å². The van der Waals surface area contributed by atoms with Crippen LogP contribution in [0.3, 0.4) is 0 Å². The summed E-state index contributed by atoms with van der Waals surface area (Å²) in [5.41, 5.74) is 7.44. The quantitative estimate of drug-likeness (QED) is 0.836. The second-order valence-corrected chi connectivity index (χ2v) is 5.48. The van der Waals surface area contributed by atoms with Crippen molar-refractivity contribution in [2.45, 2.75) is 25.3 Å². The van der Waals surface area contributed by atoms with Gasteiger partial charge in [-0.2, -0.15) is 0 Å². The maximum Gasteiger partial charge on any atom is 0.227 e.